The van der Waals surface area contributed by atoms with Crippen molar-refractivity contribution < 1.29 is 85.3 Å². The second-order valence-electron chi connectivity index (χ2n) is 0. The minimum absolute atomic E-state index is 0. The molecule has 0 aliphatic carbocycles. The third kappa shape index (κ3) is 23.1. The first-order chi connectivity index (χ1) is 0. The van der Waals surface area contributed by atoms with Gasteiger partial charge in [0.15, 0.2) is 0 Å². The van der Waals surface area contributed by atoms with Gasteiger partial charge in [-0.15, -0.1) is 0 Å². The van der Waals surface area contributed by atoms with E-state index in [9.17, 15) is 0 Å². The first kappa shape index (κ1) is 44.1. The third-order valence-electron chi connectivity index (χ3n) is 0. The molecule has 0 amide bonds. The van der Waals surface area contributed by atoms with Crippen molar-refractivity contribution in [1.29, 1.82) is 0 Å². The molecule has 0 unspecified atom stereocenters. The average molecular weight is 412 g/mol. The molecule has 0 aliphatic heterocycles. The first-order valence-electron chi connectivity index (χ1n) is 0. The summed E-state index contributed by atoms with van der Waals surface area (Å²) in [6, 6.07) is 0. The molecule has 0 rings (SSSR count). The van der Waals surface area contributed by atoms with Gasteiger partial charge in [0.1, 0.15) is 0 Å². The number of hydrogen-bond donors (Lipinski definition) is 0. The molecular weight excluding hydrogens is 406 g/mol. The van der Waals surface area contributed by atoms with E-state index in [-0.39, 0.29) is 180 Å². The van der Waals surface area contributed by atoms with Crippen LogP contribution in [-0.2, 0) is 0 Å². The van der Waals surface area contributed by atoms with E-state index in [1.807, 2.05) is 0 Å². The van der Waals surface area contributed by atoms with Crippen molar-refractivity contribution in [2.75, 3.05) is 0 Å². The Morgan fingerprint density at radius 3 is 0.667 bits per heavy atom. The average Bonchev–Trinajstić information content (AvgIpc) is 0. The molecular formula is H6BaCsO3Sr+5. The Morgan fingerprint density at radius 1 is 0.667 bits per heavy atom. The predicted molar refractivity (Wildman–Crippen MR) is 22.3 cm³/mol. The van der Waals surface area contributed by atoms with E-state index in [1.165, 1.54) is 0 Å². The fourth-order valence-corrected chi connectivity index (χ4v) is 0. The Labute approximate surface area is 173 Å². The molecule has 0 fully saturated rings. The van der Waals surface area contributed by atoms with E-state index in [0.717, 1.165) is 0 Å². The van der Waals surface area contributed by atoms with Crippen molar-refractivity contribution in [3.63, 3.8) is 0 Å². The molecule has 0 spiro atoms. The number of hydrogen-bond acceptors (Lipinski definition) is 0. The van der Waals surface area contributed by atoms with Crippen molar-refractivity contribution in [3.05, 3.63) is 0 Å². The monoisotopic (exact) mass is 413 g/mol. The fourth-order valence-electron chi connectivity index (χ4n) is 0. The van der Waals surface area contributed by atoms with Gasteiger partial charge in [0.25, 0.3) is 0 Å². The van der Waals surface area contributed by atoms with Crippen LogP contribution in [0.1, 0.15) is 0 Å². The molecule has 0 bridgehead atoms. The standard InChI is InChI=1S/Ba.Cs.3H2O.Sr/h;;3*1H2;/q+2;+1;;;;+2. The van der Waals surface area contributed by atoms with Crippen LogP contribution >= 0.6 is 0 Å². The molecule has 6 N–H and O–H groups in total. The second-order valence-corrected chi connectivity index (χ2v) is 0. The van der Waals surface area contributed by atoms with Gasteiger partial charge >= 0.3 is 163 Å². The van der Waals surface area contributed by atoms with Crippen LogP contribution in [0.15, 0.2) is 0 Å². The molecule has 6 heteroatoms. The Morgan fingerprint density at radius 2 is 0.667 bits per heavy atom. The summed E-state index contributed by atoms with van der Waals surface area (Å²) in [7, 11) is 0. The van der Waals surface area contributed by atoms with Gasteiger partial charge in [-0.2, -0.15) is 0 Å². The maximum Gasteiger partial charge on any atom is 2.00 e. The molecule has 0 saturated heterocycles. The van der Waals surface area contributed by atoms with E-state index in [1.54, 1.807) is 0 Å². The summed E-state index contributed by atoms with van der Waals surface area (Å²) in [5, 5.41) is 0. The summed E-state index contributed by atoms with van der Waals surface area (Å²) in [6.45, 7) is 0. The maximum atomic E-state index is 0. The zero-order valence-corrected chi connectivity index (χ0v) is 18.1. The Bertz CT molecular complexity index is 10.8. The van der Waals surface area contributed by atoms with Crippen molar-refractivity contribution in [1.82, 2.24) is 0 Å². The van der Waals surface area contributed by atoms with Crippen LogP contribution in [0, 0.1) is 0 Å². The molecule has 0 radical (unpaired) electrons. The van der Waals surface area contributed by atoms with E-state index in [0.29, 0.717) is 0 Å². The van der Waals surface area contributed by atoms with E-state index in [4.69, 9.17) is 0 Å². The Balaban J connectivity index is 0. The van der Waals surface area contributed by atoms with Crippen LogP contribution in [0.2, 0.25) is 0 Å². The normalized spacial score (nSPS) is 0. The molecule has 0 aliphatic rings. The van der Waals surface area contributed by atoms with Gasteiger partial charge in [-0.1, -0.05) is 0 Å². The van der Waals surface area contributed by atoms with Gasteiger partial charge in [-0.25, -0.2) is 0 Å². The largest absolute Gasteiger partial charge is 2.00 e. The van der Waals surface area contributed by atoms with Gasteiger partial charge < -0.3 is 16.4 Å². The predicted octanol–water partition coefficient (Wildman–Crippen LogP) is -6.23. The molecule has 0 atom stereocenters. The maximum absolute atomic E-state index is 0. The van der Waals surface area contributed by atoms with Gasteiger partial charge in [0.05, 0.1) is 0 Å². The van der Waals surface area contributed by atoms with E-state index < -0.39 is 0 Å². The minimum Gasteiger partial charge on any atom is -0.412 e. The SMILES string of the molecule is O.O.O.[Ba+2].[Cs+].[Sr+2]. The summed E-state index contributed by atoms with van der Waals surface area (Å²) in [6.07, 6.45) is 0. The third-order valence-corrected chi connectivity index (χ3v) is 0. The zero-order chi connectivity index (χ0) is 0. The summed E-state index contributed by atoms with van der Waals surface area (Å²) >= 11 is 0. The van der Waals surface area contributed by atoms with Crippen LogP contribution in [0.4, 0.5) is 0 Å². The summed E-state index contributed by atoms with van der Waals surface area (Å²) in [5.41, 5.74) is 0. The summed E-state index contributed by atoms with van der Waals surface area (Å²) in [4.78, 5) is 0. The molecule has 0 aromatic rings. The number of rotatable bonds is 0. The Hall–Kier alpha value is 4.98. The molecule has 24 valence electrons. The summed E-state index contributed by atoms with van der Waals surface area (Å²) in [5.74, 6) is 0. The molecule has 6 heavy (non-hydrogen) atoms. The molecule has 3 nitrogen and oxygen atoms in total. The Kier molecular flexibility index (Phi) is 238. The van der Waals surface area contributed by atoms with Gasteiger partial charge in [-0.05, 0) is 0 Å². The van der Waals surface area contributed by atoms with Crippen LogP contribution in [-0.4, -0.2) is 111 Å². The van der Waals surface area contributed by atoms with Gasteiger partial charge in [0, 0.05) is 0 Å². The molecule has 0 heterocycles. The van der Waals surface area contributed by atoms with E-state index >= 15 is 0 Å². The fraction of sp³-hybridized carbons (Fsp3) is 0. The van der Waals surface area contributed by atoms with Crippen molar-refractivity contribution in [2.45, 2.75) is 0 Å². The van der Waals surface area contributed by atoms with Gasteiger partial charge in [-0.3, -0.25) is 0 Å². The molecule has 0 aromatic carbocycles. The van der Waals surface area contributed by atoms with Crippen LogP contribution in [0.5, 0.6) is 0 Å². The summed E-state index contributed by atoms with van der Waals surface area (Å²) < 4.78 is 0. The zero-order valence-electron chi connectivity index (χ0n) is 3.91. The quantitative estimate of drug-likeness (QED) is 0.355. The smallest absolute Gasteiger partial charge is 0.412 e. The van der Waals surface area contributed by atoms with Crippen LogP contribution in [0.3, 0.4) is 0 Å². The molecule has 0 aromatic heterocycles. The van der Waals surface area contributed by atoms with E-state index in [2.05, 4.69) is 0 Å². The van der Waals surface area contributed by atoms with Crippen LogP contribution < -0.4 is 68.9 Å². The van der Waals surface area contributed by atoms with Crippen molar-refractivity contribution in [2.24, 2.45) is 0 Å². The van der Waals surface area contributed by atoms with Crippen molar-refractivity contribution >= 4 is 94.4 Å². The topological polar surface area (TPSA) is 94.5 Å². The molecule has 0 saturated carbocycles. The van der Waals surface area contributed by atoms with Crippen molar-refractivity contribution in [3.8, 4) is 0 Å². The second kappa shape index (κ2) is 32.4. The minimum atomic E-state index is 0. The first-order valence-corrected chi connectivity index (χ1v) is 0. The van der Waals surface area contributed by atoms with Gasteiger partial charge in [0.2, 0.25) is 0 Å². The van der Waals surface area contributed by atoms with Crippen LogP contribution in [0.25, 0.3) is 0 Å².